The standard InChI is InChI=1S/C14H18FNO2/c1-14(2,3)18-13(17)12-7-10-6-11(15)5-4-9(10)8-16-12/h4-6,12,16H,7-8H2,1-3H3. The van der Waals surface area contributed by atoms with Crippen molar-refractivity contribution < 1.29 is 13.9 Å². The number of rotatable bonds is 1. The van der Waals surface area contributed by atoms with Gasteiger partial charge in [0.05, 0.1) is 0 Å². The summed E-state index contributed by atoms with van der Waals surface area (Å²) in [5.74, 6) is -0.545. The Labute approximate surface area is 106 Å². The highest BCUT2D eigenvalue weighted by Crippen LogP contribution is 2.20. The predicted octanol–water partition coefficient (Wildman–Crippen LogP) is 2.18. The van der Waals surface area contributed by atoms with Crippen molar-refractivity contribution >= 4 is 5.97 Å². The largest absolute Gasteiger partial charge is 0.459 e. The minimum atomic E-state index is -0.499. The molecule has 18 heavy (non-hydrogen) atoms. The van der Waals surface area contributed by atoms with Crippen LogP contribution in [0.4, 0.5) is 4.39 Å². The van der Waals surface area contributed by atoms with Gasteiger partial charge >= 0.3 is 5.97 Å². The first-order valence-electron chi connectivity index (χ1n) is 6.09. The summed E-state index contributed by atoms with van der Waals surface area (Å²) >= 11 is 0. The first-order valence-corrected chi connectivity index (χ1v) is 6.09. The van der Waals surface area contributed by atoms with Crippen LogP contribution >= 0.6 is 0 Å². The molecule has 1 aromatic rings. The van der Waals surface area contributed by atoms with Crippen molar-refractivity contribution in [3.05, 3.63) is 35.1 Å². The number of halogens is 1. The Hall–Kier alpha value is -1.42. The van der Waals surface area contributed by atoms with E-state index in [1.807, 2.05) is 20.8 Å². The number of fused-ring (bicyclic) bond motifs is 1. The molecule has 3 nitrogen and oxygen atoms in total. The van der Waals surface area contributed by atoms with Gasteiger partial charge in [-0.2, -0.15) is 0 Å². The van der Waals surface area contributed by atoms with Crippen LogP contribution in [0, 0.1) is 5.82 Å². The highest BCUT2D eigenvalue weighted by molar-refractivity contribution is 5.77. The number of carbonyl (C=O) groups excluding carboxylic acids is 1. The molecule has 0 aliphatic carbocycles. The lowest BCUT2D eigenvalue weighted by molar-refractivity contribution is -0.157. The van der Waals surface area contributed by atoms with Crippen molar-refractivity contribution in [1.29, 1.82) is 0 Å². The van der Waals surface area contributed by atoms with Crippen LogP contribution in [0.2, 0.25) is 0 Å². The van der Waals surface area contributed by atoms with E-state index in [0.29, 0.717) is 13.0 Å². The fourth-order valence-corrected chi connectivity index (χ4v) is 2.02. The highest BCUT2D eigenvalue weighted by Gasteiger charge is 2.28. The molecule has 1 aliphatic rings. The zero-order chi connectivity index (χ0) is 13.3. The van der Waals surface area contributed by atoms with Crippen LogP contribution in [-0.2, 0) is 22.5 Å². The van der Waals surface area contributed by atoms with E-state index in [9.17, 15) is 9.18 Å². The van der Waals surface area contributed by atoms with Crippen molar-refractivity contribution in [1.82, 2.24) is 5.32 Å². The smallest absolute Gasteiger partial charge is 0.324 e. The summed E-state index contributed by atoms with van der Waals surface area (Å²) in [6, 6.07) is 4.30. The summed E-state index contributed by atoms with van der Waals surface area (Å²) in [6.07, 6.45) is 0.474. The number of ether oxygens (including phenoxy) is 1. The zero-order valence-electron chi connectivity index (χ0n) is 10.9. The lowest BCUT2D eigenvalue weighted by Crippen LogP contribution is -2.45. The molecule has 98 valence electrons. The van der Waals surface area contributed by atoms with E-state index < -0.39 is 11.6 Å². The molecular weight excluding hydrogens is 233 g/mol. The van der Waals surface area contributed by atoms with Crippen LogP contribution < -0.4 is 5.32 Å². The van der Waals surface area contributed by atoms with E-state index >= 15 is 0 Å². The number of hydrogen-bond acceptors (Lipinski definition) is 3. The maximum absolute atomic E-state index is 13.2. The van der Waals surface area contributed by atoms with Gasteiger partial charge in [0.2, 0.25) is 0 Å². The lowest BCUT2D eigenvalue weighted by Gasteiger charge is -2.28. The molecule has 2 rings (SSSR count). The number of nitrogens with one attached hydrogen (secondary N) is 1. The third kappa shape index (κ3) is 3.07. The average molecular weight is 251 g/mol. The molecule has 1 heterocycles. The molecule has 0 amide bonds. The van der Waals surface area contributed by atoms with Crippen LogP contribution in [0.5, 0.6) is 0 Å². The van der Waals surface area contributed by atoms with Crippen LogP contribution in [0.3, 0.4) is 0 Å². The van der Waals surface area contributed by atoms with Crippen molar-refractivity contribution in [2.45, 2.75) is 45.4 Å². The average Bonchev–Trinajstić information content (AvgIpc) is 2.25. The van der Waals surface area contributed by atoms with E-state index in [-0.39, 0.29) is 11.8 Å². The minimum absolute atomic E-state index is 0.265. The Morgan fingerprint density at radius 2 is 2.11 bits per heavy atom. The number of esters is 1. The van der Waals surface area contributed by atoms with Gasteiger partial charge in [-0.1, -0.05) is 6.07 Å². The molecule has 0 saturated heterocycles. The molecule has 0 spiro atoms. The number of carbonyl (C=O) groups is 1. The van der Waals surface area contributed by atoms with E-state index in [2.05, 4.69) is 5.32 Å². The summed E-state index contributed by atoms with van der Waals surface area (Å²) in [4.78, 5) is 11.9. The first-order chi connectivity index (χ1) is 8.35. The van der Waals surface area contributed by atoms with Crippen molar-refractivity contribution in [3.8, 4) is 0 Å². The van der Waals surface area contributed by atoms with Gasteiger partial charge in [0.25, 0.3) is 0 Å². The molecule has 0 saturated carbocycles. The summed E-state index contributed by atoms with van der Waals surface area (Å²) in [7, 11) is 0. The van der Waals surface area contributed by atoms with Gasteiger partial charge in [0.1, 0.15) is 17.5 Å². The third-order valence-electron chi connectivity index (χ3n) is 2.82. The van der Waals surface area contributed by atoms with E-state index in [1.54, 1.807) is 6.07 Å². The third-order valence-corrected chi connectivity index (χ3v) is 2.82. The Bertz CT molecular complexity index is 465. The first kappa shape index (κ1) is 13.0. The summed E-state index contributed by atoms with van der Waals surface area (Å²) in [5.41, 5.74) is 1.42. The molecule has 0 aromatic heterocycles. The maximum atomic E-state index is 13.2. The second-order valence-electron chi connectivity index (χ2n) is 5.58. The van der Waals surface area contributed by atoms with Gasteiger partial charge in [-0.15, -0.1) is 0 Å². The fourth-order valence-electron chi connectivity index (χ4n) is 2.02. The van der Waals surface area contributed by atoms with Gasteiger partial charge in [-0.25, -0.2) is 4.39 Å². The van der Waals surface area contributed by atoms with Crippen LogP contribution in [0.15, 0.2) is 18.2 Å². The predicted molar refractivity (Wildman–Crippen MR) is 66.6 cm³/mol. The van der Waals surface area contributed by atoms with Crippen molar-refractivity contribution in [2.24, 2.45) is 0 Å². The molecule has 0 fully saturated rings. The van der Waals surface area contributed by atoms with E-state index in [0.717, 1.165) is 11.1 Å². The minimum Gasteiger partial charge on any atom is -0.459 e. The summed E-state index contributed by atoms with van der Waals surface area (Å²) in [5, 5.41) is 3.12. The van der Waals surface area contributed by atoms with E-state index in [4.69, 9.17) is 4.74 Å². The molecule has 1 aliphatic heterocycles. The van der Waals surface area contributed by atoms with Crippen LogP contribution in [0.1, 0.15) is 31.9 Å². The quantitative estimate of drug-likeness (QED) is 0.777. The summed E-state index contributed by atoms with van der Waals surface area (Å²) in [6.45, 7) is 6.07. The van der Waals surface area contributed by atoms with Crippen LogP contribution in [-0.4, -0.2) is 17.6 Å². The second-order valence-corrected chi connectivity index (χ2v) is 5.58. The topological polar surface area (TPSA) is 38.3 Å². The Morgan fingerprint density at radius 3 is 2.78 bits per heavy atom. The fraction of sp³-hybridized carbons (Fsp3) is 0.500. The van der Waals surface area contributed by atoms with Gasteiger partial charge in [-0.3, -0.25) is 4.79 Å². The molecule has 1 unspecified atom stereocenters. The summed E-state index contributed by atoms with van der Waals surface area (Å²) < 4.78 is 18.5. The molecule has 1 N–H and O–H groups in total. The van der Waals surface area contributed by atoms with Gasteiger partial charge < -0.3 is 10.1 Å². The number of hydrogen-bond donors (Lipinski definition) is 1. The maximum Gasteiger partial charge on any atom is 0.324 e. The Balaban J connectivity index is 2.09. The number of benzene rings is 1. The molecule has 0 radical (unpaired) electrons. The molecule has 4 heteroatoms. The Morgan fingerprint density at radius 1 is 1.39 bits per heavy atom. The van der Waals surface area contributed by atoms with Gasteiger partial charge in [0, 0.05) is 6.54 Å². The van der Waals surface area contributed by atoms with Crippen LogP contribution in [0.25, 0.3) is 0 Å². The molecule has 1 atom stereocenters. The van der Waals surface area contributed by atoms with Crippen molar-refractivity contribution in [2.75, 3.05) is 0 Å². The zero-order valence-corrected chi connectivity index (χ0v) is 10.9. The van der Waals surface area contributed by atoms with E-state index in [1.165, 1.54) is 12.1 Å². The normalized spacial score (nSPS) is 19.2. The molecule has 1 aromatic carbocycles. The molecule has 0 bridgehead atoms. The van der Waals surface area contributed by atoms with Gasteiger partial charge in [0.15, 0.2) is 0 Å². The Kier molecular flexibility index (Phi) is 3.39. The lowest BCUT2D eigenvalue weighted by atomic mass is 9.95. The monoisotopic (exact) mass is 251 g/mol. The second kappa shape index (κ2) is 4.69. The van der Waals surface area contributed by atoms with Crippen molar-refractivity contribution in [3.63, 3.8) is 0 Å². The highest BCUT2D eigenvalue weighted by atomic mass is 19.1. The SMILES string of the molecule is CC(C)(C)OC(=O)C1Cc2cc(F)ccc2CN1. The van der Waals surface area contributed by atoms with Gasteiger partial charge in [-0.05, 0) is 50.5 Å². The molecular formula is C14H18FNO2.